The first kappa shape index (κ1) is 85.7. The molecule has 63 heteroatoms. The Labute approximate surface area is 664 Å². The third kappa shape index (κ3) is 17.5. The first-order chi connectivity index (χ1) is 56.2. The highest BCUT2D eigenvalue weighted by molar-refractivity contribution is 7.47. The molecular formula is C57H73N24O34P5. The molecule has 0 aliphatic carbocycles. The van der Waals surface area contributed by atoms with E-state index < -0.39 is 317 Å². The fraction of sp³-hybridized carbons (Fsp3) is 0.526. The quantitative estimate of drug-likeness (QED) is 0.0205. The summed E-state index contributed by atoms with van der Waals surface area (Å²) in [5.74, 6) is -2.86. The van der Waals surface area contributed by atoms with Crippen molar-refractivity contribution in [3.8, 4) is 0 Å². The molecule has 0 spiro atoms. The zero-order valence-corrected chi connectivity index (χ0v) is 65.4. The van der Waals surface area contributed by atoms with Crippen molar-refractivity contribution in [3.63, 3.8) is 0 Å². The van der Waals surface area contributed by atoms with Crippen LogP contribution in [0.15, 0.2) is 84.5 Å². The number of rotatable bonds is 28. The molecule has 9 aromatic heterocycles. The molecule has 9 aromatic rings. The number of aromatic nitrogens is 18. The highest BCUT2D eigenvalue weighted by Gasteiger charge is 2.76. The second-order valence-corrected chi connectivity index (χ2v) is 34.6. The number of fused-ring (bicyclic) bond motifs is 3. The molecule has 0 saturated carbocycles. The normalized spacial score (nSPS) is 29.5. The van der Waals surface area contributed by atoms with Gasteiger partial charge in [0.05, 0.1) is 56.1 Å². The molecular weight excluding hydrogens is 1720 g/mol. The zero-order chi connectivity index (χ0) is 86.2. The number of nitrogens with one attached hydrogen (secondary N) is 3. The predicted octanol–water partition coefficient (Wildman–Crippen LogP) is -4.82. The second kappa shape index (κ2) is 31.6. The van der Waals surface area contributed by atoms with E-state index >= 15 is 4.57 Å². The van der Waals surface area contributed by atoms with Crippen LogP contribution in [0.1, 0.15) is 102 Å². The van der Waals surface area contributed by atoms with Crippen LogP contribution in [0.4, 0.5) is 35.3 Å². The summed E-state index contributed by atoms with van der Waals surface area (Å²) in [6.45, 7) is -1.33. The molecule has 15 rings (SSSR count). The molecule has 1 unspecified atom stereocenters. The average Bonchev–Trinajstić information content (AvgIpc) is 1.51. The summed E-state index contributed by atoms with van der Waals surface area (Å²) in [5, 5.41) is 12.6. The maximum Gasteiger partial charge on any atom is 0.470 e. The van der Waals surface area contributed by atoms with Crippen molar-refractivity contribution in [1.29, 1.82) is 0 Å². The average molecular weight is 1790 g/mol. The van der Waals surface area contributed by atoms with Gasteiger partial charge in [0.1, 0.15) is 102 Å². The number of ether oxygens (including phenoxy) is 7. The Morgan fingerprint density at radius 3 is 1.12 bits per heavy atom. The molecule has 0 bridgehead atoms. The topological polar surface area (TPSA) is 870 Å². The number of H-pyrrole nitrogens is 3. The molecule has 6 saturated heterocycles. The van der Waals surface area contributed by atoms with Gasteiger partial charge in [0, 0.05) is 82.8 Å². The van der Waals surface area contributed by atoms with Crippen LogP contribution in [0.2, 0.25) is 0 Å². The van der Waals surface area contributed by atoms with Gasteiger partial charge >= 0.3 is 56.2 Å². The van der Waals surface area contributed by atoms with Gasteiger partial charge < -0.3 is 122 Å². The molecule has 26 N–H and O–H groups in total. The monoisotopic (exact) mass is 1790 g/mol. The van der Waals surface area contributed by atoms with Crippen LogP contribution in [0, 0.1) is 0 Å². The molecule has 19 atom stereocenters. The minimum Gasteiger partial charge on any atom is -0.390 e. The highest BCUT2D eigenvalue weighted by atomic mass is 31.2. The molecule has 58 nitrogen and oxygen atoms in total. The maximum atomic E-state index is 15.2. The van der Waals surface area contributed by atoms with Crippen LogP contribution < -0.4 is 68.1 Å². The van der Waals surface area contributed by atoms with Crippen molar-refractivity contribution in [1.82, 2.24) is 87.2 Å². The van der Waals surface area contributed by atoms with Crippen molar-refractivity contribution in [2.24, 2.45) is 0 Å². The van der Waals surface area contributed by atoms with Crippen LogP contribution in [0.5, 0.6) is 0 Å². The predicted molar refractivity (Wildman–Crippen MR) is 393 cm³/mol. The smallest absolute Gasteiger partial charge is 0.390 e. The molecule has 6 aliphatic rings. The number of phosphoric ester groups is 5. The molecule has 6 aliphatic heterocycles. The second-order valence-electron chi connectivity index (χ2n) is 28.7. The number of nitrogens with two attached hydrogens (primary N) is 6. The minimum absolute atomic E-state index is 0.260. The van der Waals surface area contributed by atoms with Crippen molar-refractivity contribution >= 4 is 108 Å². The molecule has 0 amide bonds. The lowest BCUT2D eigenvalue weighted by Crippen LogP contribution is -2.71. The number of aliphatic hydroxyl groups excluding tert-OH is 1. The molecule has 0 radical (unpaired) electrons. The Bertz CT molecular complexity index is 6120. The fourth-order valence-electron chi connectivity index (χ4n) is 16.5. The van der Waals surface area contributed by atoms with E-state index in [4.69, 9.17) is 90.2 Å². The number of nitrogen functional groups attached to an aromatic ring is 6. The molecule has 120 heavy (non-hydrogen) atoms. The Kier molecular flexibility index (Phi) is 22.5. The lowest BCUT2D eigenvalue weighted by atomic mass is 9.61. The summed E-state index contributed by atoms with van der Waals surface area (Å²) < 4.78 is 153. The number of aromatic amines is 3. The van der Waals surface area contributed by atoms with Gasteiger partial charge in [0.15, 0.2) is 33.5 Å². The van der Waals surface area contributed by atoms with Crippen LogP contribution in [0.25, 0.3) is 33.5 Å². The number of imidazole rings is 3. The fourth-order valence-corrected chi connectivity index (χ4v) is 19.5. The first-order valence-corrected chi connectivity index (χ1v) is 43.0. The van der Waals surface area contributed by atoms with Gasteiger partial charge in [-0.2, -0.15) is 29.9 Å². The van der Waals surface area contributed by atoms with Gasteiger partial charge in [-0.3, -0.25) is 79.4 Å². The summed E-state index contributed by atoms with van der Waals surface area (Å²) in [4.78, 5) is 239. The van der Waals surface area contributed by atoms with E-state index in [-0.39, 0.29) is 11.2 Å². The molecule has 0 aromatic carbocycles. The first-order valence-electron chi connectivity index (χ1n) is 35.4. The third-order valence-electron chi connectivity index (χ3n) is 21.0. The van der Waals surface area contributed by atoms with Gasteiger partial charge in [-0.1, -0.05) is 0 Å². The summed E-state index contributed by atoms with van der Waals surface area (Å²) in [7, 11) is -30.9. The van der Waals surface area contributed by atoms with Crippen molar-refractivity contribution in [3.05, 3.63) is 118 Å². The van der Waals surface area contributed by atoms with E-state index in [1.165, 1.54) is 0 Å². The van der Waals surface area contributed by atoms with E-state index in [1.54, 1.807) is 0 Å². The van der Waals surface area contributed by atoms with Crippen LogP contribution in [0.3, 0.4) is 0 Å². The number of anilines is 6. The molecule has 15 heterocycles. The van der Waals surface area contributed by atoms with Gasteiger partial charge in [-0.05, 0) is 18.2 Å². The lowest BCUT2D eigenvalue weighted by Gasteiger charge is -2.57. The minimum atomic E-state index is -6.74. The SMILES string of the molecule is Nc1ccn([C@H]2C[C@H](OP(=O)(O)O)[C@@H](CC(C[C@H]3O[C@@H](n4cnc5c(=O)[nH]c(N)nc54)C[C@@H]3OP(=O)(O)O)(OC[C@H]3O[C@@H](n4cnc5c(=O)[nH]c(N)nc54)C[C@@H]3O)[C@@]3(C[C@H]4O[C@@H](n5ccc(N)nc5=O)C[C@@H]4OP(=O)(O)O)O[C@@H](n4ccc(N)nc4=O)C[C@]3(C[C@H]3O[C@@H](n4cnc5c(=O)[nH]c(N)nc54)C[C@@H]3OP(=O)(O)O)OP(=O)(O)O)O2)c(=O)n1. The lowest BCUT2D eigenvalue weighted by molar-refractivity contribution is -0.298. The largest absolute Gasteiger partial charge is 0.470 e. The van der Waals surface area contributed by atoms with Gasteiger partial charge in [0.2, 0.25) is 17.8 Å². The number of hydrogen-bond donors (Lipinski definition) is 20. The maximum absolute atomic E-state index is 15.2. The standard InChI is InChI=1S/C57H73N24O34P5/c58-31-1-4-76(52(86)67-31)35-8-22(111-116(89,90)91)26(105-35)12-55(104-17-30-21(82)7-34(109-30)79-18-64-40-43(79)70-49(61)73-46(40)83,13-27-23(112-117(92,93)94)10-37(106-27)80-19-65-41-44(80)71-50(62)74-47(41)84)57(15-29-25(114-119(98,99)100)9-36(108-29)77-5-2-32(59)68-53(77)87)56(115-120(101,102)103,16-39(110-57)78-6-3-33(60)69-54(78)88)14-28-24(113-118(95,96)97)11-38(107-28)81-20-66-42-45(81)72-51(63)75-48(42)85/h1-6,18-30,34-39,82H,7-17H2,(H2,58,67,86)(H2,59,68,87)(H2,60,69,88)(H2,89,90,91)(H2,92,93,94)(H2,95,96,97)(H2,98,99,100)(H2,101,102,103)(H3,61,70,73,83)(H3,62,71,74,84)(H3,63,72,75,85)/t21-,22-,23-,24-,25-,26+,27+,28+,29+,30+,34+,35+,36+,37+,38+,39+,55?,56-,57+/m0/s1. The summed E-state index contributed by atoms with van der Waals surface area (Å²) in [6, 6.07) is 3.10. The number of hydrogen-bond acceptors (Lipinski definition) is 39. The summed E-state index contributed by atoms with van der Waals surface area (Å²) >= 11 is 0. The van der Waals surface area contributed by atoms with Crippen LogP contribution in [-0.4, -0.2) is 226 Å². The van der Waals surface area contributed by atoms with Gasteiger partial charge in [0.25, 0.3) is 16.7 Å². The van der Waals surface area contributed by atoms with E-state index in [2.05, 4.69) is 59.8 Å². The van der Waals surface area contributed by atoms with Crippen LogP contribution in [-0.2, 0) is 78.6 Å². The Morgan fingerprint density at radius 1 is 0.433 bits per heavy atom. The van der Waals surface area contributed by atoms with E-state index in [0.717, 1.165) is 74.0 Å². The Hall–Kier alpha value is -9.28. The van der Waals surface area contributed by atoms with E-state index in [0.29, 0.717) is 9.13 Å². The van der Waals surface area contributed by atoms with Crippen LogP contribution >= 0.6 is 39.1 Å². The Morgan fingerprint density at radius 2 is 0.758 bits per heavy atom. The van der Waals surface area contributed by atoms with Gasteiger partial charge in [-0.15, -0.1) is 0 Å². The van der Waals surface area contributed by atoms with Gasteiger partial charge in [-0.25, -0.2) is 52.2 Å². The van der Waals surface area contributed by atoms with Crippen molar-refractivity contribution in [2.75, 3.05) is 41.0 Å². The molecule has 6 fully saturated rings. The number of nitrogens with zero attached hydrogens (tertiary/aromatic N) is 15. The highest BCUT2D eigenvalue weighted by Crippen LogP contribution is 2.67. The zero-order valence-electron chi connectivity index (χ0n) is 60.9. The van der Waals surface area contributed by atoms with Crippen molar-refractivity contribution in [2.45, 2.75) is 179 Å². The summed E-state index contributed by atoms with van der Waals surface area (Å²) in [6.07, 6.45) is -39.6. The van der Waals surface area contributed by atoms with E-state index in [9.17, 15) is 101 Å². The number of phosphoric acid groups is 5. The Balaban J connectivity index is 1.05. The van der Waals surface area contributed by atoms with Crippen molar-refractivity contribution < 1.29 is 133 Å². The summed E-state index contributed by atoms with van der Waals surface area (Å²) in [5.41, 5.74) is 16.1. The molecule has 650 valence electrons. The third-order valence-corrected chi connectivity index (χ3v) is 23.8. The van der Waals surface area contributed by atoms with E-state index in [1.807, 2.05) is 0 Å². The number of aliphatic hydroxyl groups is 1.